The molecule has 5 aliphatic heterocycles. The molecule has 5 N–H and O–H groups in total. The Morgan fingerprint density at radius 3 is 2.37 bits per heavy atom. The van der Waals surface area contributed by atoms with Crippen LogP contribution in [0.1, 0.15) is 101 Å². The molecule has 5 saturated heterocycles. The van der Waals surface area contributed by atoms with Crippen LogP contribution in [0.15, 0.2) is 89.0 Å². The second kappa shape index (κ2) is 24.9. The first-order valence-electron chi connectivity index (χ1n) is 29.9. The van der Waals surface area contributed by atoms with Crippen LogP contribution < -0.4 is 30.5 Å². The number of nitrogens with two attached hydrogens (primary N) is 1. The normalized spacial score (nSPS) is 24.1. The molecule has 0 radical (unpaired) electrons. The van der Waals surface area contributed by atoms with Gasteiger partial charge in [-0.1, -0.05) is 55.4 Å². The third-order valence-corrected chi connectivity index (χ3v) is 19.2. The second-order valence-electron chi connectivity index (χ2n) is 24.3. The first kappa shape index (κ1) is 57.4. The number of nitrogens with zero attached hydrogens (tertiary/aromatic N) is 10. The summed E-state index contributed by atoms with van der Waals surface area (Å²) in [5.41, 5.74) is 13.2. The number of ether oxygens (including phenoxy) is 2. The molecule has 1 saturated carbocycles. The van der Waals surface area contributed by atoms with E-state index in [0.717, 1.165) is 131 Å². The molecule has 0 spiro atoms. The van der Waals surface area contributed by atoms with Gasteiger partial charge in [-0.25, -0.2) is 18.7 Å². The molecule has 446 valence electrons. The van der Waals surface area contributed by atoms with Crippen LogP contribution in [0, 0.1) is 24.7 Å². The Kier molecular flexibility index (Phi) is 17.0. The molecule has 9 heterocycles. The molecule has 2 amide bonds. The minimum Gasteiger partial charge on any atom is -0.507 e. The van der Waals surface area contributed by atoms with Crippen LogP contribution in [0.4, 0.5) is 31.8 Å². The number of aromatic hydroxyl groups is 1. The number of aliphatic hydroxyl groups excluding tert-OH is 1. The van der Waals surface area contributed by atoms with Crippen molar-refractivity contribution in [3.8, 4) is 33.3 Å². The van der Waals surface area contributed by atoms with Crippen molar-refractivity contribution in [2.24, 2.45) is 17.8 Å². The van der Waals surface area contributed by atoms with E-state index in [2.05, 4.69) is 62.4 Å². The Bertz CT molecular complexity index is 3240. The molecule has 19 nitrogen and oxygen atoms in total. The second-order valence-corrected chi connectivity index (χ2v) is 25.2. The summed E-state index contributed by atoms with van der Waals surface area (Å²) >= 11 is 1.46. The number of nitrogens with one attached hydrogen (secondary N) is 1. The molecular formula is C62H76F2N12O7S. The number of hydrogen-bond acceptors (Lipinski definition) is 18. The number of para-hydroxylation sites is 1. The molecule has 6 atom stereocenters. The molecule has 22 heteroatoms. The van der Waals surface area contributed by atoms with Gasteiger partial charge in [0.15, 0.2) is 17.4 Å². The molecule has 4 aromatic heterocycles. The van der Waals surface area contributed by atoms with E-state index in [1.165, 1.54) is 16.2 Å². The summed E-state index contributed by atoms with van der Waals surface area (Å²) in [7, 11) is 0. The zero-order chi connectivity index (χ0) is 58.2. The lowest BCUT2D eigenvalue weighted by Crippen LogP contribution is -2.49. The van der Waals surface area contributed by atoms with Crippen LogP contribution in [0.3, 0.4) is 0 Å². The van der Waals surface area contributed by atoms with Crippen LogP contribution in [-0.4, -0.2) is 159 Å². The fraction of sp³-hybridized carbons (Fsp3) is 0.532. The number of amides is 2. The van der Waals surface area contributed by atoms with Crippen LogP contribution in [0.2, 0.25) is 0 Å². The lowest BCUT2D eigenvalue weighted by Gasteiger charge is -2.41. The number of rotatable bonds is 18. The number of thiazole rings is 1. The number of aliphatic hydroxyl groups is 1. The predicted octanol–water partition coefficient (Wildman–Crippen LogP) is 8.48. The number of aromatic nitrogens is 5. The number of piperidine rings is 2. The Hall–Kier alpha value is -7.01. The number of phenolic OH excluding ortho intramolecular Hbond substituents is 1. The highest BCUT2D eigenvalue weighted by molar-refractivity contribution is 7.13. The lowest BCUT2D eigenvalue weighted by atomic mass is 9.91. The van der Waals surface area contributed by atoms with Crippen molar-refractivity contribution in [1.82, 2.24) is 40.4 Å². The number of carbonyl (C=O) groups excluding carboxylic acids is 2. The summed E-state index contributed by atoms with van der Waals surface area (Å²) < 4.78 is 48.1. The van der Waals surface area contributed by atoms with Crippen molar-refractivity contribution in [3.05, 3.63) is 102 Å². The number of hydrogen-bond donors (Lipinski definition) is 4. The van der Waals surface area contributed by atoms with Crippen LogP contribution in [0.5, 0.6) is 11.6 Å². The van der Waals surface area contributed by atoms with Gasteiger partial charge in [0.2, 0.25) is 17.7 Å². The van der Waals surface area contributed by atoms with Gasteiger partial charge in [0.25, 0.3) is 6.43 Å². The summed E-state index contributed by atoms with van der Waals surface area (Å²) in [4.78, 5) is 48.9. The van der Waals surface area contributed by atoms with E-state index in [-0.39, 0.29) is 54.6 Å². The fourth-order valence-corrected chi connectivity index (χ4v) is 14.4. The number of pyridine rings is 1. The number of nitrogen functional groups attached to an aromatic ring is 1. The molecule has 6 aliphatic rings. The highest BCUT2D eigenvalue weighted by Crippen LogP contribution is 2.41. The van der Waals surface area contributed by atoms with Gasteiger partial charge in [-0.15, -0.1) is 21.5 Å². The average Bonchev–Trinajstić information content (AvgIpc) is 2.96. The van der Waals surface area contributed by atoms with Crippen molar-refractivity contribution in [2.75, 3.05) is 79.3 Å². The fourth-order valence-electron chi connectivity index (χ4n) is 13.6. The van der Waals surface area contributed by atoms with Crippen LogP contribution in [-0.2, 0) is 14.3 Å². The minimum absolute atomic E-state index is 0.0640. The number of alkyl halides is 2. The van der Waals surface area contributed by atoms with Crippen molar-refractivity contribution < 1.29 is 42.6 Å². The molecule has 2 bridgehead atoms. The Morgan fingerprint density at radius 2 is 1.63 bits per heavy atom. The van der Waals surface area contributed by atoms with Crippen molar-refractivity contribution in [1.29, 1.82) is 0 Å². The van der Waals surface area contributed by atoms with Crippen molar-refractivity contribution >= 4 is 46.2 Å². The Labute approximate surface area is 492 Å². The maximum atomic E-state index is 14.6. The maximum Gasteiger partial charge on any atom is 0.262 e. The number of likely N-dealkylation sites (tertiary alicyclic amines) is 2. The highest BCUT2D eigenvalue weighted by Gasteiger charge is 2.45. The van der Waals surface area contributed by atoms with E-state index in [1.807, 2.05) is 51.2 Å². The summed E-state index contributed by atoms with van der Waals surface area (Å²) in [5, 5.41) is 36.8. The number of carbonyl (C=O) groups is 2. The average molecular weight is 1170 g/mol. The number of aryl methyl sites for hydroxylation is 1. The molecule has 6 aromatic rings. The van der Waals surface area contributed by atoms with E-state index in [0.29, 0.717) is 46.4 Å². The lowest BCUT2D eigenvalue weighted by molar-refractivity contribution is -0.141. The van der Waals surface area contributed by atoms with Gasteiger partial charge >= 0.3 is 0 Å². The van der Waals surface area contributed by atoms with E-state index in [9.17, 15) is 28.6 Å². The number of phenols is 1. The Balaban J connectivity index is 0.572. The topological polar surface area (TPSA) is 225 Å². The van der Waals surface area contributed by atoms with Gasteiger partial charge in [-0.2, -0.15) is 0 Å². The Morgan fingerprint density at radius 1 is 0.857 bits per heavy atom. The standard InChI is InChI=1S/C62H76F2N12O7S/c1-36(2)56(62(80)76-34-44(77)26-51(76)61(79)68-57(59(63)64)40-8-10-41(11-9-40)58-37(3)67-35-84-58)53-30-54(71-83-53)73-21-13-38(14-22-73)31-72-19-16-45(17-20-72)81-46-27-47(28-46)82-55-25-42(12-18-66-55)75-32-39-15-23-74(33-43(75)24-39)50-29-49(69-70-60(50)65)48-6-4-5-7-52(48)78/h4-12,18,25,29-30,35-36,38-39,43-47,51,56-57,59,77-78H,13-17,19-24,26-28,31-34H2,1-3H3,(H2,65,70)(H,68,79)/t39?,43?,44-,46?,47?,51+,56-,57-/m1/s1. The number of β-amino-alcohol motifs (C(OH)–C–C–N with tert-alkyl or cyclic N) is 1. The minimum atomic E-state index is -2.92. The monoisotopic (exact) mass is 1170 g/mol. The highest BCUT2D eigenvalue weighted by atomic mass is 32.1. The molecular weight excluding hydrogens is 1090 g/mol. The third-order valence-electron chi connectivity index (χ3n) is 18.3. The van der Waals surface area contributed by atoms with E-state index < -0.39 is 42.3 Å². The van der Waals surface area contributed by atoms with Crippen molar-refractivity contribution in [2.45, 2.75) is 133 Å². The molecule has 2 unspecified atom stereocenters. The number of halogens is 2. The molecule has 1 aliphatic carbocycles. The molecule has 12 rings (SSSR count). The van der Waals surface area contributed by atoms with Gasteiger partial charge < -0.3 is 59.8 Å². The van der Waals surface area contributed by atoms with Gasteiger partial charge in [-0.05, 0) is 98.6 Å². The number of benzene rings is 2. The van der Waals surface area contributed by atoms with Crippen molar-refractivity contribution in [3.63, 3.8) is 0 Å². The van der Waals surface area contributed by atoms with E-state index >= 15 is 0 Å². The van der Waals surface area contributed by atoms with E-state index in [4.69, 9.17) is 19.7 Å². The summed E-state index contributed by atoms with van der Waals surface area (Å²) in [5.74, 6) is 1.06. The first-order valence-corrected chi connectivity index (χ1v) is 30.8. The van der Waals surface area contributed by atoms with Gasteiger partial charge in [0.1, 0.15) is 29.9 Å². The largest absolute Gasteiger partial charge is 0.507 e. The third kappa shape index (κ3) is 12.5. The zero-order valence-corrected chi connectivity index (χ0v) is 48.7. The predicted molar refractivity (Wildman–Crippen MR) is 316 cm³/mol. The summed E-state index contributed by atoms with van der Waals surface area (Å²) in [6, 6.07) is 19.2. The first-order chi connectivity index (χ1) is 40.7. The van der Waals surface area contributed by atoms with Crippen LogP contribution in [0.25, 0.3) is 21.7 Å². The molecule has 84 heavy (non-hydrogen) atoms. The van der Waals surface area contributed by atoms with Crippen LogP contribution >= 0.6 is 11.3 Å². The summed E-state index contributed by atoms with van der Waals surface area (Å²) in [6.07, 6.45) is 6.14. The smallest absolute Gasteiger partial charge is 0.262 e. The zero-order valence-electron chi connectivity index (χ0n) is 47.9. The van der Waals surface area contributed by atoms with Gasteiger partial charge in [-0.3, -0.25) is 9.59 Å². The maximum absolute atomic E-state index is 14.6. The summed E-state index contributed by atoms with van der Waals surface area (Å²) in [6.45, 7) is 12.8. The van der Waals surface area contributed by atoms with Gasteiger partial charge in [0.05, 0.1) is 45.8 Å². The quantitative estimate of drug-likeness (QED) is 0.0633. The molecule has 2 aromatic carbocycles. The SMILES string of the molecule is Cc1ncsc1-c1ccc([C@@H](NC(=O)[C@@H]2C[C@@H](O)CN2C(=O)[C@@H](c2cc(N3CCC(CN4CCC(OC5CC(Oc6cc(N7CC8CCN(c9cc(-c%10ccccc%10O)nnc9N)CC7C8)ccn6)C5)CC4)CC3)no2)C(C)C)C(F)F)cc1. The molecule has 6 fully saturated rings. The van der Waals surface area contributed by atoms with E-state index in [1.54, 1.807) is 41.9 Å². The van der Waals surface area contributed by atoms with Gasteiger partial charge in [0, 0.05) is 114 Å². The number of anilines is 4. The number of fused-ring (bicyclic) bond motifs is 2.